The van der Waals surface area contributed by atoms with E-state index in [4.69, 9.17) is 16.6 Å². The van der Waals surface area contributed by atoms with E-state index in [0.717, 1.165) is 43.0 Å². The minimum absolute atomic E-state index is 0.136. The molecule has 2 heterocycles. The molecule has 6 heteroatoms. The molecule has 1 aliphatic heterocycles. The number of aromatic nitrogens is 1. The number of rotatable bonds is 5. The Morgan fingerprint density at radius 2 is 2.17 bits per heavy atom. The summed E-state index contributed by atoms with van der Waals surface area (Å²) >= 11 is 7.82. The first-order valence-corrected chi connectivity index (χ1v) is 9.75. The van der Waals surface area contributed by atoms with Gasteiger partial charge in [0.05, 0.1) is 21.8 Å². The molecule has 1 saturated heterocycles. The van der Waals surface area contributed by atoms with Crippen LogP contribution in [0.2, 0.25) is 5.02 Å². The normalized spacial score (nSPS) is 16.8. The summed E-state index contributed by atoms with van der Waals surface area (Å²) in [6.07, 6.45) is 2.12. The van der Waals surface area contributed by atoms with E-state index in [1.54, 1.807) is 11.3 Å². The standard InChI is InChI=1S/C18H24ClN3OS/c1-12(2)10-20-17(23)11-22-7-5-13(6-8-22)18-21-15-9-14(19)3-4-16(15)24-18/h3-4,9,12-13H,5-8,10-11H2,1-2H3,(H,20,23). The molecule has 0 saturated carbocycles. The Balaban J connectivity index is 1.53. The number of thiazole rings is 1. The number of amides is 1. The highest BCUT2D eigenvalue weighted by Crippen LogP contribution is 2.34. The average Bonchev–Trinajstić information content (AvgIpc) is 2.96. The van der Waals surface area contributed by atoms with Crippen molar-refractivity contribution in [3.8, 4) is 0 Å². The predicted octanol–water partition coefficient (Wildman–Crippen LogP) is 3.90. The Hall–Kier alpha value is -1.17. The number of likely N-dealkylation sites (tertiary alicyclic amines) is 1. The first kappa shape index (κ1) is 17.6. The van der Waals surface area contributed by atoms with E-state index < -0.39 is 0 Å². The van der Waals surface area contributed by atoms with Gasteiger partial charge in [-0.2, -0.15) is 0 Å². The molecule has 1 aliphatic rings. The Bertz CT molecular complexity index is 707. The lowest BCUT2D eigenvalue weighted by molar-refractivity contribution is -0.122. The van der Waals surface area contributed by atoms with Crippen molar-refractivity contribution in [1.29, 1.82) is 0 Å². The van der Waals surface area contributed by atoms with Gasteiger partial charge >= 0.3 is 0 Å². The largest absolute Gasteiger partial charge is 0.355 e. The zero-order valence-corrected chi connectivity index (χ0v) is 15.8. The van der Waals surface area contributed by atoms with Crippen LogP contribution >= 0.6 is 22.9 Å². The summed E-state index contributed by atoms with van der Waals surface area (Å²) in [5.74, 6) is 1.13. The van der Waals surface area contributed by atoms with Crippen LogP contribution in [0.3, 0.4) is 0 Å². The monoisotopic (exact) mass is 365 g/mol. The third kappa shape index (κ3) is 4.47. The molecule has 0 radical (unpaired) electrons. The smallest absolute Gasteiger partial charge is 0.234 e. The van der Waals surface area contributed by atoms with Crippen molar-refractivity contribution in [2.45, 2.75) is 32.6 Å². The molecule has 0 unspecified atom stereocenters. The van der Waals surface area contributed by atoms with E-state index in [9.17, 15) is 4.79 Å². The number of hydrogen-bond donors (Lipinski definition) is 1. The second-order valence-corrected chi connectivity index (χ2v) is 8.41. The molecule has 1 aromatic heterocycles. The van der Waals surface area contributed by atoms with Crippen LogP contribution in [-0.2, 0) is 4.79 Å². The van der Waals surface area contributed by atoms with Crippen molar-refractivity contribution in [3.05, 3.63) is 28.2 Å². The van der Waals surface area contributed by atoms with Crippen molar-refractivity contribution in [1.82, 2.24) is 15.2 Å². The number of benzene rings is 1. The SMILES string of the molecule is CC(C)CNC(=O)CN1CCC(c2nc3cc(Cl)ccc3s2)CC1. The molecule has 0 aliphatic carbocycles. The number of fused-ring (bicyclic) bond motifs is 1. The molecule has 0 bridgehead atoms. The van der Waals surface area contributed by atoms with Crippen LogP contribution in [0.4, 0.5) is 0 Å². The van der Waals surface area contributed by atoms with Crippen LogP contribution in [0.5, 0.6) is 0 Å². The summed E-state index contributed by atoms with van der Waals surface area (Å²) in [7, 11) is 0. The van der Waals surface area contributed by atoms with Gasteiger partial charge in [0.2, 0.25) is 5.91 Å². The van der Waals surface area contributed by atoms with Crippen LogP contribution in [0, 0.1) is 5.92 Å². The summed E-state index contributed by atoms with van der Waals surface area (Å²) in [5, 5.41) is 4.93. The summed E-state index contributed by atoms with van der Waals surface area (Å²) < 4.78 is 1.20. The average molecular weight is 366 g/mol. The quantitative estimate of drug-likeness (QED) is 0.873. The lowest BCUT2D eigenvalue weighted by atomic mass is 9.97. The number of carbonyl (C=O) groups excluding carboxylic acids is 1. The molecule has 2 aromatic rings. The Morgan fingerprint density at radius 3 is 2.88 bits per heavy atom. The minimum Gasteiger partial charge on any atom is -0.355 e. The highest BCUT2D eigenvalue weighted by atomic mass is 35.5. The van der Waals surface area contributed by atoms with Crippen molar-refractivity contribution in [3.63, 3.8) is 0 Å². The van der Waals surface area contributed by atoms with E-state index in [0.29, 0.717) is 18.4 Å². The highest BCUT2D eigenvalue weighted by Gasteiger charge is 2.24. The van der Waals surface area contributed by atoms with Gasteiger partial charge in [0.15, 0.2) is 0 Å². The molecule has 1 aromatic carbocycles. The van der Waals surface area contributed by atoms with E-state index in [1.807, 2.05) is 18.2 Å². The predicted molar refractivity (Wildman–Crippen MR) is 101 cm³/mol. The summed E-state index contributed by atoms with van der Waals surface area (Å²) in [6.45, 7) is 7.39. The van der Waals surface area contributed by atoms with E-state index in [-0.39, 0.29) is 5.91 Å². The zero-order valence-electron chi connectivity index (χ0n) is 14.2. The molecule has 4 nitrogen and oxygen atoms in total. The van der Waals surface area contributed by atoms with Gasteiger partial charge in [0, 0.05) is 17.5 Å². The minimum atomic E-state index is 0.136. The first-order chi connectivity index (χ1) is 11.5. The van der Waals surface area contributed by atoms with E-state index in [1.165, 1.54) is 9.71 Å². The fourth-order valence-electron chi connectivity index (χ4n) is 3.01. The van der Waals surface area contributed by atoms with Gasteiger partial charge in [-0.1, -0.05) is 25.4 Å². The van der Waals surface area contributed by atoms with Crippen molar-refractivity contribution in [2.24, 2.45) is 5.92 Å². The summed E-state index contributed by atoms with van der Waals surface area (Å²) in [6, 6.07) is 5.91. The van der Waals surface area contributed by atoms with Crippen LogP contribution in [0.25, 0.3) is 10.2 Å². The Kier molecular flexibility index (Phi) is 5.74. The van der Waals surface area contributed by atoms with Gasteiger partial charge in [0.25, 0.3) is 0 Å². The molecule has 130 valence electrons. The maximum atomic E-state index is 11.9. The van der Waals surface area contributed by atoms with Crippen molar-refractivity contribution < 1.29 is 4.79 Å². The molecule has 1 N–H and O–H groups in total. The first-order valence-electron chi connectivity index (χ1n) is 8.56. The van der Waals surface area contributed by atoms with Crippen LogP contribution < -0.4 is 5.32 Å². The van der Waals surface area contributed by atoms with Crippen LogP contribution in [0.15, 0.2) is 18.2 Å². The molecule has 1 fully saturated rings. The maximum absolute atomic E-state index is 11.9. The van der Waals surface area contributed by atoms with Crippen LogP contribution in [0.1, 0.15) is 37.6 Å². The molecular weight excluding hydrogens is 342 g/mol. The lowest BCUT2D eigenvalue weighted by Crippen LogP contribution is -2.42. The highest BCUT2D eigenvalue weighted by molar-refractivity contribution is 7.18. The van der Waals surface area contributed by atoms with Gasteiger partial charge in [-0.3, -0.25) is 9.69 Å². The van der Waals surface area contributed by atoms with E-state index in [2.05, 4.69) is 24.1 Å². The number of halogens is 1. The van der Waals surface area contributed by atoms with Crippen LogP contribution in [-0.4, -0.2) is 42.0 Å². The zero-order chi connectivity index (χ0) is 17.1. The molecule has 1 amide bonds. The van der Waals surface area contributed by atoms with Gasteiger partial charge in [-0.25, -0.2) is 4.98 Å². The lowest BCUT2D eigenvalue weighted by Gasteiger charge is -2.30. The van der Waals surface area contributed by atoms with Gasteiger partial charge in [-0.15, -0.1) is 11.3 Å². The molecule has 0 atom stereocenters. The third-order valence-electron chi connectivity index (χ3n) is 4.38. The number of nitrogens with zero attached hydrogens (tertiary/aromatic N) is 2. The maximum Gasteiger partial charge on any atom is 0.234 e. The molecule has 24 heavy (non-hydrogen) atoms. The number of carbonyl (C=O) groups is 1. The molecule has 0 spiro atoms. The summed E-state index contributed by atoms with van der Waals surface area (Å²) in [5.41, 5.74) is 0.998. The number of piperidine rings is 1. The van der Waals surface area contributed by atoms with E-state index >= 15 is 0 Å². The summed E-state index contributed by atoms with van der Waals surface area (Å²) in [4.78, 5) is 19.0. The topological polar surface area (TPSA) is 45.2 Å². The second kappa shape index (κ2) is 7.81. The van der Waals surface area contributed by atoms with Gasteiger partial charge in [-0.05, 0) is 50.0 Å². The molecule has 3 rings (SSSR count). The fraction of sp³-hybridized carbons (Fsp3) is 0.556. The molecular formula is C18H24ClN3OS. The fourth-order valence-corrected chi connectivity index (χ4v) is 4.29. The number of hydrogen-bond acceptors (Lipinski definition) is 4. The second-order valence-electron chi connectivity index (χ2n) is 6.91. The third-order valence-corrected chi connectivity index (χ3v) is 5.81. The Labute approximate surface area is 152 Å². The van der Waals surface area contributed by atoms with Gasteiger partial charge in [0.1, 0.15) is 0 Å². The Morgan fingerprint density at radius 1 is 1.42 bits per heavy atom. The van der Waals surface area contributed by atoms with Crippen molar-refractivity contribution in [2.75, 3.05) is 26.2 Å². The number of nitrogens with one attached hydrogen (secondary N) is 1. The van der Waals surface area contributed by atoms with Crippen molar-refractivity contribution >= 4 is 39.1 Å². The van der Waals surface area contributed by atoms with Gasteiger partial charge < -0.3 is 5.32 Å².